The fourth-order valence-corrected chi connectivity index (χ4v) is 2.78. The van der Waals surface area contributed by atoms with Crippen molar-refractivity contribution in [3.63, 3.8) is 0 Å². The summed E-state index contributed by atoms with van der Waals surface area (Å²) in [5.41, 5.74) is 7.44. The summed E-state index contributed by atoms with van der Waals surface area (Å²) in [6.45, 7) is 0. The minimum Gasteiger partial charge on any atom is -0.388 e. The van der Waals surface area contributed by atoms with Gasteiger partial charge in [0.2, 0.25) is 5.89 Å². The van der Waals surface area contributed by atoms with Gasteiger partial charge in [-0.2, -0.15) is 0 Å². The number of hydrogen-bond acceptors (Lipinski definition) is 5. The zero-order valence-electron chi connectivity index (χ0n) is 11.4. The summed E-state index contributed by atoms with van der Waals surface area (Å²) in [6.07, 6.45) is 4.09. The molecule has 1 heterocycles. The lowest BCUT2D eigenvalue weighted by molar-refractivity contribution is 0.411. The average molecular weight is 309 g/mol. The summed E-state index contributed by atoms with van der Waals surface area (Å²) in [4.78, 5) is 11.0. The maximum absolute atomic E-state index is 11.0. The van der Waals surface area contributed by atoms with E-state index in [1.165, 1.54) is 0 Å². The van der Waals surface area contributed by atoms with Gasteiger partial charge in [-0.3, -0.25) is 0 Å². The van der Waals surface area contributed by atoms with Crippen LogP contribution in [0, 0.1) is 0 Å². The van der Waals surface area contributed by atoms with Gasteiger partial charge < -0.3 is 15.5 Å². The summed E-state index contributed by atoms with van der Waals surface area (Å²) >= 11 is 6.23. The number of anilines is 1. The highest BCUT2D eigenvalue weighted by Crippen LogP contribution is 2.30. The lowest BCUT2D eigenvalue weighted by atomic mass is 9.91. The fraction of sp³-hybridized carbons (Fsp3) is 0.429. The number of rotatable bonds is 3. The standard InChI is InChI=1S/C14H17ClN4O2/c15-11-6-1-8(13-18-19-14(20)21-13)7-12(11)17-10-4-2-9(16)3-5-10/h1,6-7,9-10,17H,2-5,16H2,(H,19,20)/t9-,10+. The molecule has 0 spiro atoms. The Hall–Kier alpha value is -1.79. The van der Waals surface area contributed by atoms with E-state index < -0.39 is 5.76 Å². The summed E-state index contributed by atoms with van der Waals surface area (Å²) in [7, 11) is 0. The van der Waals surface area contributed by atoms with Crippen LogP contribution < -0.4 is 16.8 Å². The van der Waals surface area contributed by atoms with Gasteiger partial charge in [0.25, 0.3) is 0 Å². The number of benzene rings is 1. The van der Waals surface area contributed by atoms with E-state index in [4.69, 9.17) is 21.8 Å². The second kappa shape index (κ2) is 5.91. The van der Waals surface area contributed by atoms with Crippen molar-refractivity contribution in [2.45, 2.75) is 37.8 Å². The van der Waals surface area contributed by atoms with E-state index in [0.717, 1.165) is 31.4 Å². The molecule has 0 radical (unpaired) electrons. The van der Waals surface area contributed by atoms with E-state index in [9.17, 15) is 4.79 Å². The summed E-state index contributed by atoms with van der Waals surface area (Å²) in [5.74, 6) is -0.318. The molecule has 1 aliphatic rings. The van der Waals surface area contributed by atoms with Crippen LogP contribution in [0.1, 0.15) is 25.7 Å². The first kappa shape index (κ1) is 14.2. The Bertz CT molecular complexity index is 674. The van der Waals surface area contributed by atoms with Crippen LogP contribution in [0.2, 0.25) is 5.02 Å². The van der Waals surface area contributed by atoms with Gasteiger partial charge in [0, 0.05) is 17.6 Å². The van der Waals surface area contributed by atoms with E-state index >= 15 is 0 Å². The quantitative estimate of drug-likeness (QED) is 0.808. The van der Waals surface area contributed by atoms with Gasteiger partial charge in [-0.25, -0.2) is 9.89 Å². The molecular weight excluding hydrogens is 292 g/mol. The number of nitrogens with one attached hydrogen (secondary N) is 2. The van der Waals surface area contributed by atoms with E-state index in [0.29, 0.717) is 22.7 Å². The van der Waals surface area contributed by atoms with Crippen LogP contribution in [-0.2, 0) is 0 Å². The maximum Gasteiger partial charge on any atom is 0.434 e. The van der Waals surface area contributed by atoms with E-state index in [1.807, 2.05) is 6.07 Å². The number of hydrogen-bond donors (Lipinski definition) is 3. The van der Waals surface area contributed by atoms with Crippen LogP contribution in [0.15, 0.2) is 27.4 Å². The molecule has 0 aliphatic heterocycles. The van der Waals surface area contributed by atoms with Crippen LogP contribution in [0.3, 0.4) is 0 Å². The van der Waals surface area contributed by atoms with Crippen molar-refractivity contribution in [2.24, 2.45) is 5.73 Å². The minimum atomic E-state index is -0.573. The third kappa shape index (κ3) is 3.28. The number of nitrogens with zero attached hydrogens (tertiary/aromatic N) is 1. The molecular formula is C14H17ClN4O2. The first-order chi connectivity index (χ1) is 10.1. The van der Waals surface area contributed by atoms with Crippen molar-refractivity contribution in [3.05, 3.63) is 33.8 Å². The van der Waals surface area contributed by atoms with Gasteiger partial charge in [0.1, 0.15) is 0 Å². The van der Waals surface area contributed by atoms with Crippen molar-refractivity contribution in [1.82, 2.24) is 10.2 Å². The van der Waals surface area contributed by atoms with Gasteiger partial charge in [-0.05, 0) is 43.9 Å². The lowest BCUT2D eigenvalue weighted by Crippen LogP contribution is -2.32. The van der Waals surface area contributed by atoms with E-state index in [1.54, 1.807) is 12.1 Å². The molecule has 1 fully saturated rings. The van der Waals surface area contributed by atoms with Crippen LogP contribution in [0.25, 0.3) is 11.5 Å². The SMILES string of the molecule is N[C@H]1CC[C@@H](Nc2cc(-c3n[nH]c(=O)o3)ccc2Cl)CC1. The molecule has 112 valence electrons. The largest absolute Gasteiger partial charge is 0.434 e. The number of halogens is 1. The molecule has 1 saturated carbocycles. The zero-order valence-corrected chi connectivity index (χ0v) is 12.2. The minimum absolute atomic E-state index is 0.255. The molecule has 0 saturated heterocycles. The average Bonchev–Trinajstić information content (AvgIpc) is 2.90. The van der Waals surface area contributed by atoms with Crippen molar-refractivity contribution < 1.29 is 4.42 Å². The summed E-state index contributed by atoms with van der Waals surface area (Å²) < 4.78 is 4.96. The molecule has 0 unspecified atom stereocenters. The molecule has 21 heavy (non-hydrogen) atoms. The number of aromatic nitrogens is 2. The van der Waals surface area contributed by atoms with Gasteiger partial charge in [0.15, 0.2) is 0 Å². The first-order valence-electron chi connectivity index (χ1n) is 6.99. The molecule has 6 nitrogen and oxygen atoms in total. The highest BCUT2D eigenvalue weighted by molar-refractivity contribution is 6.33. The molecule has 2 aromatic rings. The van der Waals surface area contributed by atoms with Crippen LogP contribution in [-0.4, -0.2) is 22.3 Å². The zero-order chi connectivity index (χ0) is 14.8. The molecule has 0 atom stereocenters. The smallest absolute Gasteiger partial charge is 0.388 e. The van der Waals surface area contributed by atoms with Gasteiger partial charge in [-0.1, -0.05) is 11.6 Å². The Morgan fingerprint density at radius 2 is 2.10 bits per heavy atom. The first-order valence-corrected chi connectivity index (χ1v) is 7.37. The molecule has 1 aromatic heterocycles. The van der Waals surface area contributed by atoms with Gasteiger partial charge in [0.05, 0.1) is 10.7 Å². The summed E-state index contributed by atoms with van der Waals surface area (Å²) in [5, 5.41) is 10.1. The Kier molecular flexibility index (Phi) is 3.98. The Morgan fingerprint density at radius 3 is 2.76 bits per heavy atom. The molecule has 1 aliphatic carbocycles. The second-order valence-corrected chi connectivity index (χ2v) is 5.78. The third-order valence-electron chi connectivity index (χ3n) is 3.78. The molecule has 3 rings (SSSR count). The maximum atomic E-state index is 11.0. The normalized spacial score (nSPS) is 22.2. The topological polar surface area (TPSA) is 96.9 Å². The molecule has 7 heteroatoms. The van der Waals surface area contributed by atoms with Crippen LogP contribution in [0.5, 0.6) is 0 Å². The lowest BCUT2D eigenvalue weighted by Gasteiger charge is -2.28. The van der Waals surface area contributed by atoms with Crippen molar-refractivity contribution >= 4 is 17.3 Å². The Balaban J connectivity index is 1.80. The predicted octanol–water partition coefficient (Wildman–Crippen LogP) is 2.37. The van der Waals surface area contributed by atoms with Gasteiger partial charge in [-0.15, -0.1) is 5.10 Å². The van der Waals surface area contributed by atoms with E-state index in [2.05, 4.69) is 15.5 Å². The number of nitrogens with two attached hydrogens (primary N) is 1. The highest BCUT2D eigenvalue weighted by Gasteiger charge is 2.19. The van der Waals surface area contributed by atoms with E-state index in [-0.39, 0.29) is 5.89 Å². The Morgan fingerprint density at radius 1 is 1.33 bits per heavy atom. The third-order valence-corrected chi connectivity index (χ3v) is 4.11. The molecule has 4 N–H and O–H groups in total. The molecule has 0 amide bonds. The van der Waals surface area contributed by atoms with Crippen molar-refractivity contribution in [3.8, 4) is 11.5 Å². The summed E-state index contributed by atoms with van der Waals surface area (Å²) in [6, 6.07) is 6.05. The molecule has 1 aromatic carbocycles. The van der Waals surface area contributed by atoms with Crippen LogP contribution in [0.4, 0.5) is 5.69 Å². The predicted molar refractivity (Wildman–Crippen MR) is 81.4 cm³/mol. The molecule has 0 bridgehead atoms. The number of aromatic amines is 1. The van der Waals surface area contributed by atoms with Crippen molar-refractivity contribution in [2.75, 3.05) is 5.32 Å². The van der Waals surface area contributed by atoms with Crippen molar-refractivity contribution in [1.29, 1.82) is 0 Å². The monoisotopic (exact) mass is 308 g/mol. The highest BCUT2D eigenvalue weighted by atomic mass is 35.5. The Labute approximate surface area is 126 Å². The van der Waals surface area contributed by atoms with Crippen LogP contribution >= 0.6 is 11.6 Å². The second-order valence-electron chi connectivity index (χ2n) is 5.37. The number of H-pyrrole nitrogens is 1. The fourth-order valence-electron chi connectivity index (χ4n) is 2.61. The van der Waals surface area contributed by atoms with Gasteiger partial charge >= 0.3 is 5.76 Å².